The van der Waals surface area contributed by atoms with Crippen molar-refractivity contribution in [3.05, 3.63) is 64.1 Å². The molecule has 1 fully saturated rings. The second kappa shape index (κ2) is 7.02. The van der Waals surface area contributed by atoms with Gasteiger partial charge in [0.05, 0.1) is 27.7 Å². The van der Waals surface area contributed by atoms with Crippen molar-refractivity contribution in [3.63, 3.8) is 0 Å². The second-order valence-corrected chi connectivity index (χ2v) is 8.44. The number of ether oxygens (including phenoxy) is 1. The van der Waals surface area contributed by atoms with Crippen LogP contribution in [0.25, 0.3) is 0 Å². The Balaban J connectivity index is 1.92. The number of nitrogens with zero attached hydrogens (tertiary/aromatic N) is 1. The molecule has 0 saturated carbocycles. The highest BCUT2D eigenvalue weighted by atomic mass is 35.5. The van der Waals surface area contributed by atoms with E-state index in [2.05, 4.69) is 0 Å². The highest BCUT2D eigenvalue weighted by molar-refractivity contribution is 7.89. The summed E-state index contributed by atoms with van der Waals surface area (Å²) in [6, 6.07) is 13.7. The van der Waals surface area contributed by atoms with Gasteiger partial charge in [0.1, 0.15) is 0 Å². The number of benzene rings is 2. The van der Waals surface area contributed by atoms with Crippen LogP contribution in [0.2, 0.25) is 10.0 Å². The predicted molar refractivity (Wildman–Crippen MR) is 95.0 cm³/mol. The number of rotatable bonds is 3. The maximum absolute atomic E-state index is 13.0. The van der Waals surface area contributed by atoms with Crippen molar-refractivity contribution in [2.24, 2.45) is 0 Å². The first kappa shape index (κ1) is 17.7. The molecule has 128 valence electrons. The maximum atomic E-state index is 13.0. The zero-order valence-electron chi connectivity index (χ0n) is 13.0. The Labute approximate surface area is 152 Å². The van der Waals surface area contributed by atoms with Crippen LogP contribution in [0.4, 0.5) is 0 Å². The lowest BCUT2D eigenvalue weighted by Gasteiger charge is -2.37. The van der Waals surface area contributed by atoms with Crippen LogP contribution < -0.4 is 0 Å². The van der Waals surface area contributed by atoms with Crippen LogP contribution in [0.1, 0.15) is 18.6 Å². The number of hydrogen-bond acceptors (Lipinski definition) is 3. The summed E-state index contributed by atoms with van der Waals surface area (Å²) < 4.78 is 33.3. The van der Waals surface area contributed by atoms with Gasteiger partial charge in [-0.15, -0.1) is 0 Å². The highest BCUT2D eigenvalue weighted by Crippen LogP contribution is 2.31. The van der Waals surface area contributed by atoms with Gasteiger partial charge in [-0.25, -0.2) is 8.42 Å². The largest absolute Gasteiger partial charge is 0.370 e. The minimum absolute atomic E-state index is 0.137. The monoisotopic (exact) mass is 385 g/mol. The molecule has 7 heteroatoms. The normalized spacial score (nSPS) is 22.5. The van der Waals surface area contributed by atoms with Gasteiger partial charge in [-0.1, -0.05) is 53.5 Å². The van der Waals surface area contributed by atoms with Gasteiger partial charge in [0.25, 0.3) is 0 Å². The molecule has 0 N–H and O–H groups in total. The van der Waals surface area contributed by atoms with Crippen LogP contribution in [0.3, 0.4) is 0 Å². The molecule has 2 aromatic rings. The summed E-state index contributed by atoms with van der Waals surface area (Å²) in [6.07, 6.45) is -0.292. The molecule has 3 rings (SSSR count). The number of halogens is 2. The third-order valence-corrected chi connectivity index (χ3v) is 6.76. The predicted octanol–water partition coefficient (Wildman–Crippen LogP) is 4.14. The highest BCUT2D eigenvalue weighted by Gasteiger charge is 2.36. The summed E-state index contributed by atoms with van der Waals surface area (Å²) in [5.74, 6) is 0. The van der Waals surface area contributed by atoms with E-state index >= 15 is 0 Å². The number of morpholine rings is 1. The zero-order chi connectivity index (χ0) is 17.3. The first-order valence-corrected chi connectivity index (χ1v) is 9.72. The molecule has 1 heterocycles. The van der Waals surface area contributed by atoms with Crippen LogP contribution in [-0.4, -0.2) is 31.9 Å². The molecule has 0 bridgehead atoms. The molecule has 2 aromatic carbocycles. The van der Waals surface area contributed by atoms with Crippen LogP contribution in [0.15, 0.2) is 53.4 Å². The Morgan fingerprint density at radius 3 is 2.46 bits per heavy atom. The van der Waals surface area contributed by atoms with E-state index in [-0.39, 0.29) is 28.6 Å². The third kappa shape index (κ3) is 3.46. The SMILES string of the molecule is CC1COC(c2ccccc2)CN1S(=O)(=O)c1ccc(Cl)c(Cl)c1. The lowest BCUT2D eigenvalue weighted by molar-refractivity contribution is -0.0288. The fraction of sp³-hybridized carbons (Fsp3) is 0.294. The average Bonchev–Trinajstić information content (AvgIpc) is 2.58. The van der Waals surface area contributed by atoms with E-state index in [9.17, 15) is 8.42 Å². The lowest BCUT2D eigenvalue weighted by atomic mass is 10.1. The van der Waals surface area contributed by atoms with Crippen molar-refractivity contribution in [2.45, 2.75) is 24.0 Å². The molecule has 0 amide bonds. The summed E-state index contributed by atoms with van der Waals surface area (Å²) in [6.45, 7) is 2.42. The fourth-order valence-corrected chi connectivity index (χ4v) is 4.72. The van der Waals surface area contributed by atoms with Crippen molar-refractivity contribution >= 4 is 33.2 Å². The van der Waals surface area contributed by atoms with E-state index in [4.69, 9.17) is 27.9 Å². The van der Waals surface area contributed by atoms with E-state index in [1.807, 2.05) is 37.3 Å². The van der Waals surface area contributed by atoms with Crippen LogP contribution in [0.5, 0.6) is 0 Å². The molecular formula is C17H17Cl2NO3S. The molecule has 24 heavy (non-hydrogen) atoms. The van der Waals surface area contributed by atoms with Gasteiger partial charge in [0.2, 0.25) is 10.0 Å². The standard InChI is InChI=1S/C17H17Cl2NO3S/c1-12-11-23-17(13-5-3-2-4-6-13)10-20(12)24(21,22)14-7-8-15(18)16(19)9-14/h2-9,12,17H,10-11H2,1H3. The lowest BCUT2D eigenvalue weighted by Crippen LogP contribution is -2.48. The molecule has 1 aliphatic rings. The van der Waals surface area contributed by atoms with Crippen LogP contribution >= 0.6 is 23.2 Å². The first-order chi connectivity index (χ1) is 11.4. The van der Waals surface area contributed by atoms with Gasteiger partial charge in [-0.05, 0) is 30.7 Å². The van der Waals surface area contributed by atoms with E-state index in [0.717, 1.165) is 5.56 Å². The maximum Gasteiger partial charge on any atom is 0.243 e. The van der Waals surface area contributed by atoms with Gasteiger partial charge < -0.3 is 4.74 Å². The molecule has 4 nitrogen and oxygen atoms in total. The van der Waals surface area contributed by atoms with Crippen molar-refractivity contribution < 1.29 is 13.2 Å². The summed E-state index contributed by atoms with van der Waals surface area (Å²) >= 11 is 11.9. The summed E-state index contributed by atoms with van der Waals surface area (Å²) in [5.41, 5.74) is 0.957. The van der Waals surface area contributed by atoms with Gasteiger partial charge >= 0.3 is 0 Å². The summed E-state index contributed by atoms with van der Waals surface area (Å²) in [4.78, 5) is 0.137. The Bertz CT molecular complexity index is 827. The third-order valence-electron chi connectivity index (χ3n) is 4.05. The quantitative estimate of drug-likeness (QED) is 0.797. The molecule has 0 aromatic heterocycles. The van der Waals surface area contributed by atoms with Gasteiger partial charge in [-0.3, -0.25) is 0 Å². The van der Waals surface area contributed by atoms with E-state index in [1.165, 1.54) is 22.5 Å². The van der Waals surface area contributed by atoms with Crippen molar-refractivity contribution in [1.29, 1.82) is 0 Å². The fourth-order valence-electron chi connectivity index (χ4n) is 2.71. The number of hydrogen-bond donors (Lipinski definition) is 0. The first-order valence-electron chi connectivity index (χ1n) is 7.53. The molecule has 1 aliphatic heterocycles. The Hall–Kier alpha value is -1.11. The molecule has 0 spiro atoms. The minimum atomic E-state index is -3.68. The minimum Gasteiger partial charge on any atom is -0.370 e. The topological polar surface area (TPSA) is 46.6 Å². The zero-order valence-corrected chi connectivity index (χ0v) is 15.4. The summed E-state index contributed by atoms with van der Waals surface area (Å²) in [5, 5.41) is 0.547. The Morgan fingerprint density at radius 2 is 1.79 bits per heavy atom. The summed E-state index contributed by atoms with van der Waals surface area (Å²) in [7, 11) is -3.68. The smallest absolute Gasteiger partial charge is 0.243 e. The molecule has 0 radical (unpaired) electrons. The Morgan fingerprint density at radius 1 is 1.08 bits per heavy atom. The average molecular weight is 386 g/mol. The van der Waals surface area contributed by atoms with Crippen molar-refractivity contribution in [2.75, 3.05) is 13.2 Å². The molecule has 2 atom stereocenters. The molecule has 1 saturated heterocycles. The van der Waals surface area contributed by atoms with E-state index < -0.39 is 10.0 Å². The van der Waals surface area contributed by atoms with Gasteiger partial charge in [0.15, 0.2) is 0 Å². The molecular weight excluding hydrogens is 369 g/mol. The van der Waals surface area contributed by atoms with Gasteiger partial charge in [-0.2, -0.15) is 4.31 Å². The second-order valence-electron chi connectivity index (χ2n) is 5.73. The van der Waals surface area contributed by atoms with Crippen molar-refractivity contribution in [3.8, 4) is 0 Å². The number of sulfonamides is 1. The van der Waals surface area contributed by atoms with Crippen LogP contribution in [0, 0.1) is 0 Å². The van der Waals surface area contributed by atoms with E-state index in [0.29, 0.717) is 11.6 Å². The van der Waals surface area contributed by atoms with E-state index in [1.54, 1.807) is 0 Å². The van der Waals surface area contributed by atoms with Gasteiger partial charge in [0, 0.05) is 12.6 Å². The Kier molecular flexibility index (Phi) is 5.18. The van der Waals surface area contributed by atoms with Crippen LogP contribution in [-0.2, 0) is 14.8 Å². The van der Waals surface area contributed by atoms with Crippen molar-refractivity contribution in [1.82, 2.24) is 4.31 Å². The molecule has 0 aliphatic carbocycles. The molecule has 2 unspecified atom stereocenters.